The van der Waals surface area contributed by atoms with E-state index in [0.29, 0.717) is 6.54 Å². The first-order valence-electron chi connectivity index (χ1n) is 9.73. The number of aliphatic imine (C=N–C) groups is 1. The number of nitrogens with one attached hydrogen (secondary N) is 2. The molecule has 1 saturated heterocycles. The van der Waals surface area contributed by atoms with Crippen LogP contribution in [0.2, 0.25) is 0 Å². The Morgan fingerprint density at radius 3 is 2.74 bits per heavy atom. The second-order valence-electron chi connectivity index (χ2n) is 7.16. The normalized spacial score (nSPS) is 19.7. The van der Waals surface area contributed by atoms with Crippen molar-refractivity contribution in [2.45, 2.75) is 45.3 Å². The number of nitrogens with zero attached hydrogens (tertiary/aromatic N) is 2. The lowest BCUT2D eigenvalue weighted by Crippen LogP contribution is -2.42. The van der Waals surface area contributed by atoms with Gasteiger partial charge in [0.05, 0.1) is 7.11 Å². The summed E-state index contributed by atoms with van der Waals surface area (Å²) in [4.78, 5) is 6.85. The molecule has 0 aromatic heterocycles. The van der Waals surface area contributed by atoms with Crippen molar-refractivity contribution >= 4 is 29.9 Å². The van der Waals surface area contributed by atoms with Gasteiger partial charge in [0.15, 0.2) is 5.96 Å². The van der Waals surface area contributed by atoms with E-state index in [0.717, 1.165) is 42.5 Å². The molecular formula is C20H33IN4O2. The number of ether oxygens (including phenoxy) is 2. The van der Waals surface area contributed by atoms with Crippen molar-refractivity contribution in [2.24, 2.45) is 4.99 Å². The molecule has 1 fully saturated rings. The number of methoxy groups -OCH3 is 1. The number of hydrogen-bond donors (Lipinski definition) is 2. The zero-order chi connectivity index (χ0) is 18.4. The van der Waals surface area contributed by atoms with E-state index in [9.17, 15) is 0 Å². The monoisotopic (exact) mass is 488 g/mol. The van der Waals surface area contributed by atoms with Gasteiger partial charge in [-0.3, -0.25) is 4.99 Å². The van der Waals surface area contributed by atoms with Crippen molar-refractivity contribution in [3.8, 4) is 11.5 Å². The van der Waals surface area contributed by atoms with Gasteiger partial charge in [0, 0.05) is 44.2 Å². The molecule has 2 aliphatic rings. The van der Waals surface area contributed by atoms with Gasteiger partial charge in [-0.05, 0) is 45.0 Å². The van der Waals surface area contributed by atoms with Crippen LogP contribution in [0, 0.1) is 0 Å². The van der Waals surface area contributed by atoms with Crippen LogP contribution in [-0.4, -0.2) is 57.3 Å². The number of halogens is 1. The van der Waals surface area contributed by atoms with E-state index in [-0.39, 0.29) is 30.1 Å². The zero-order valence-electron chi connectivity index (χ0n) is 16.7. The zero-order valence-corrected chi connectivity index (χ0v) is 19.0. The molecule has 0 saturated carbocycles. The van der Waals surface area contributed by atoms with Gasteiger partial charge in [0.2, 0.25) is 0 Å². The van der Waals surface area contributed by atoms with E-state index in [1.54, 1.807) is 14.2 Å². The lowest BCUT2D eigenvalue weighted by molar-refractivity contribution is 0.232. The smallest absolute Gasteiger partial charge is 0.191 e. The van der Waals surface area contributed by atoms with Gasteiger partial charge in [-0.15, -0.1) is 24.0 Å². The molecule has 2 aliphatic heterocycles. The van der Waals surface area contributed by atoms with E-state index < -0.39 is 0 Å². The average molecular weight is 488 g/mol. The molecule has 3 rings (SSSR count). The quantitative estimate of drug-likeness (QED) is 0.367. The molecule has 152 valence electrons. The van der Waals surface area contributed by atoms with E-state index in [2.05, 4.69) is 39.6 Å². The number of hydrogen-bond acceptors (Lipinski definition) is 4. The number of benzene rings is 1. The first-order chi connectivity index (χ1) is 12.7. The number of rotatable bonds is 6. The fourth-order valence-corrected chi connectivity index (χ4v) is 3.72. The largest absolute Gasteiger partial charge is 0.496 e. The minimum atomic E-state index is 0. The summed E-state index contributed by atoms with van der Waals surface area (Å²) >= 11 is 0. The SMILES string of the molecule is CN=C(NCCN1CCCCC1)NCc1cc2c(cc1OC)CC(C)O2.I. The fraction of sp³-hybridized carbons (Fsp3) is 0.650. The van der Waals surface area contributed by atoms with Gasteiger partial charge in [-0.25, -0.2) is 0 Å². The summed E-state index contributed by atoms with van der Waals surface area (Å²) in [6.45, 7) is 7.16. The summed E-state index contributed by atoms with van der Waals surface area (Å²) in [6.07, 6.45) is 5.21. The molecule has 1 atom stereocenters. The summed E-state index contributed by atoms with van der Waals surface area (Å²) in [5.41, 5.74) is 2.31. The fourth-order valence-electron chi connectivity index (χ4n) is 3.72. The van der Waals surface area contributed by atoms with E-state index in [1.807, 2.05) is 0 Å². The van der Waals surface area contributed by atoms with E-state index in [4.69, 9.17) is 9.47 Å². The standard InChI is InChI=1S/C20H32N4O2.HI/c1-15-11-16-12-18(25-3)17(13-19(16)26-15)14-23-20(21-2)22-7-10-24-8-5-4-6-9-24;/h12-13,15H,4-11,14H2,1-3H3,(H2,21,22,23);1H. The van der Waals surface area contributed by atoms with Crippen LogP contribution < -0.4 is 20.1 Å². The van der Waals surface area contributed by atoms with Crippen molar-refractivity contribution in [1.82, 2.24) is 15.5 Å². The van der Waals surface area contributed by atoms with Crippen LogP contribution in [0.3, 0.4) is 0 Å². The lowest BCUT2D eigenvalue weighted by Gasteiger charge is -2.26. The van der Waals surface area contributed by atoms with Crippen LogP contribution in [0.1, 0.15) is 37.3 Å². The lowest BCUT2D eigenvalue weighted by atomic mass is 10.1. The maximum atomic E-state index is 5.88. The third-order valence-corrected chi connectivity index (χ3v) is 5.14. The molecule has 2 N–H and O–H groups in total. The van der Waals surface area contributed by atoms with Crippen LogP contribution >= 0.6 is 24.0 Å². The first-order valence-corrected chi connectivity index (χ1v) is 9.73. The Labute approximate surface area is 180 Å². The molecule has 0 aliphatic carbocycles. The van der Waals surface area contributed by atoms with Crippen LogP contribution in [0.25, 0.3) is 0 Å². The van der Waals surface area contributed by atoms with Crippen LogP contribution in [0.15, 0.2) is 17.1 Å². The Morgan fingerprint density at radius 1 is 1.26 bits per heavy atom. The molecule has 0 radical (unpaired) electrons. The van der Waals surface area contributed by atoms with Crippen molar-refractivity contribution in [3.63, 3.8) is 0 Å². The minimum Gasteiger partial charge on any atom is -0.496 e. The first kappa shape index (κ1) is 22.1. The molecule has 7 heteroatoms. The predicted molar refractivity (Wildman–Crippen MR) is 121 cm³/mol. The highest BCUT2D eigenvalue weighted by molar-refractivity contribution is 14.0. The molecule has 0 amide bonds. The molecule has 1 unspecified atom stereocenters. The molecule has 0 spiro atoms. The van der Waals surface area contributed by atoms with Crippen LogP contribution in [0.4, 0.5) is 0 Å². The predicted octanol–water partition coefficient (Wildman–Crippen LogP) is 2.79. The van der Waals surface area contributed by atoms with Gasteiger partial charge in [0.25, 0.3) is 0 Å². The molecule has 0 bridgehead atoms. The minimum absolute atomic E-state index is 0. The van der Waals surface area contributed by atoms with Crippen molar-refractivity contribution in [3.05, 3.63) is 23.3 Å². The molecule has 1 aromatic rings. The topological polar surface area (TPSA) is 58.1 Å². The average Bonchev–Trinajstić information content (AvgIpc) is 3.03. The van der Waals surface area contributed by atoms with E-state index in [1.165, 1.54) is 37.9 Å². The maximum Gasteiger partial charge on any atom is 0.191 e. The molecule has 2 heterocycles. The highest BCUT2D eigenvalue weighted by atomic mass is 127. The Morgan fingerprint density at radius 2 is 2.04 bits per heavy atom. The molecule has 6 nitrogen and oxygen atoms in total. The Balaban J connectivity index is 0.00000261. The summed E-state index contributed by atoms with van der Waals surface area (Å²) in [7, 11) is 3.52. The highest BCUT2D eigenvalue weighted by Crippen LogP contribution is 2.34. The van der Waals surface area contributed by atoms with Crippen LogP contribution in [-0.2, 0) is 13.0 Å². The maximum absolute atomic E-state index is 5.88. The van der Waals surface area contributed by atoms with Gasteiger partial charge >= 0.3 is 0 Å². The number of piperidine rings is 1. The number of fused-ring (bicyclic) bond motifs is 1. The summed E-state index contributed by atoms with van der Waals surface area (Å²) in [6, 6.07) is 4.19. The third-order valence-electron chi connectivity index (χ3n) is 5.14. The second kappa shape index (κ2) is 10.9. The van der Waals surface area contributed by atoms with Crippen LogP contribution in [0.5, 0.6) is 11.5 Å². The summed E-state index contributed by atoms with van der Waals surface area (Å²) in [5.74, 6) is 2.69. The van der Waals surface area contributed by atoms with Gasteiger partial charge in [-0.1, -0.05) is 6.42 Å². The van der Waals surface area contributed by atoms with Crippen molar-refractivity contribution < 1.29 is 9.47 Å². The number of likely N-dealkylation sites (tertiary alicyclic amines) is 1. The summed E-state index contributed by atoms with van der Waals surface area (Å²) < 4.78 is 11.4. The Hall–Kier alpha value is -1.22. The summed E-state index contributed by atoms with van der Waals surface area (Å²) in [5, 5.41) is 6.79. The van der Waals surface area contributed by atoms with Gasteiger partial charge < -0.3 is 25.0 Å². The highest BCUT2D eigenvalue weighted by Gasteiger charge is 2.21. The number of guanidine groups is 1. The molecule has 27 heavy (non-hydrogen) atoms. The van der Waals surface area contributed by atoms with Crippen molar-refractivity contribution in [2.75, 3.05) is 40.3 Å². The Bertz CT molecular complexity index is 633. The third kappa shape index (κ3) is 6.14. The van der Waals surface area contributed by atoms with E-state index >= 15 is 0 Å². The Kier molecular flexibility index (Phi) is 8.95. The van der Waals surface area contributed by atoms with Crippen molar-refractivity contribution in [1.29, 1.82) is 0 Å². The second-order valence-corrected chi connectivity index (χ2v) is 7.16. The van der Waals surface area contributed by atoms with Gasteiger partial charge in [-0.2, -0.15) is 0 Å². The molecular weight excluding hydrogens is 455 g/mol. The van der Waals surface area contributed by atoms with Gasteiger partial charge in [0.1, 0.15) is 17.6 Å². The molecule has 1 aromatic carbocycles.